The van der Waals surface area contributed by atoms with E-state index in [1.807, 2.05) is 11.8 Å². The number of methoxy groups -OCH3 is 1. The molecule has 0 aliphatic heterocycles. The van der Waals surface area contributed by atoms with Crippen molar-refractivity contribution in [3.05, 3.63) is 5.28 Å². The predicted molar refractivity (Wildman–Crippen MR) is 73.3 cm³/mol. The lowest BCUT2D eigenvalue weighted by atomic mass is 10.4. The Hall–Kier alpha value is -1.65. The van der Waals surface area contributed by atoms with Gasteiger partial charge in [-0.25, -0.2) is 0 Å². The second kappa shape index (κ2) is 8.45. The van der Waals surface area contributed by atoms with Crippen molar-refractivity contribution in [1.82, 2.24) is 15.0 Å². The van der Waals surface area contributed by atoms with Crippen LogP contribution in [0.1, 0.15) is 13.3 Å². The molecule has 7 nitrogen and oxygen atoms in total. The van der Waals surface area contributed by atoms with Gasteiger partial charge in [0.25, 0.3) is 0 Å². The topological polar surface area (TPSA) is 87.0 Å². The summed E-state index contributed by atoms with van der Waals surface area (Å²) in [5.41, 5.74) is 0. The molecule has 0 bridgehead atoms. The molecule has 0 amide bonds. The van der Waals surface area contributed by atoms with Crippen LogP contribution in [0.5, 0.6) is 0 Å². The highest BCUT2D eigenvalue weighted by Gasteiger charge is 2.12. The Labute approximate surface area is 117 Å². The van der Waals surface area contributed by atoms with Crippen LogP contribution in [-0.4, -0.2) is 48.3 Å². The molecular weight excluding hydrogens is 268 g/mol. The number of aromatic nitrogens is 3. The largest absolute Gasteiger partial charge is 0.383 e. The normalized spacial score (nSPS) is 10.0. The van der Waals surface area contributed by atoms with Gasteiger partial charge in [0.15, 0.2) is 0 Å². The number of rotatable bonds is 8. The van der Waals surface area contributed by atoms with Crippen molar-refractivity contribution in [2.24, 2.45) is 0 Å². The third-order valence-corrected chi connectivity index (χ3v) is 2.44. The summed E-state index contributed by atoms with van der Waals surface area (Å²) in [4.78, 5) is 14.2. The fraction of sp³-hybridized carbons (Fsp3) is 0.636. The molecule has 104 valence electrons. The van der Waals surface area contributed by atoms with E-state index in [-0.39, 0.29) is 5.28 Å². The Morgan fingerprint density at radius 3 is 2.79 bits per heavy atom. The predicted octanol–water partition coefficient (Wildman–Crippen LogP) is 1.32. The average molecular weight is 285 g/mol. The molecule has 1 aromatic heterocycles. The van der Waals surface area contributed by atoms with E-state index in [9.17, 15) is 0 Å². The Kier molecular flexibility index (Phi) is 6.85. The van der Waals surface area contributed by atoms with Crippen molar-refractivity contribution in [2.45, 2.75) is 13.3 Å². The van der Waals surface area contributed by atoms with Gasteiger partial charge in [-0.15, -0.1) is 0 Å². The van der Waals surface area contributed by atoms with Crippen LogP contribution in [-0.2, 0) is 4.74 Å². The minimum atomic E-state index is 0.125. The third kappa shape index (κ3) is 5.24. The van der Waals surface area contributed by atoms with Crippen LogP contribution in [0.2, 0.25) is 5.28 Å². The Morgan fingerprint density at radius 1 is 1.37 bits per heavy atom. The first kappa shape index (κ1) is 15.4. The summed E-state index contributed by atoms with van der Waals surface area (Å²) in [5, 5.41) is 11.8. The van der Waals surface area contributed by atoms with E-state index >= 15 is 0 Å². The van der Waals surface area contributed by atoms with Crippen LogP contribution < -0.4 is 10.2 Å². The highest BCUT2D eigenvalue weighted by atomic mass is 35.5. The number of hydrogen-bond acceptors (Lipinski definition) is 7. The summed E-state index contributed by atoms with van der Waals surface area (Å²) >= 11 is 5.87. The van der Waals surface area contributed by atoms with Crippen molar-refractivity contribution >= 4 is 23.5 Å². The minimum absolute atomic E-state index is 0.125. The summed E-state index contributed by atoms with van der Waals surface area (Å²) in [6.45, 7) is 4.26. The number of nitriles is 1. The van der Waals surface area contributed by atoms with Crippen LogP contribution >= 0.6 is 11.6 Å². The molecule has 0 radical (unpaired) electrons. The molecule has 0 aliphatic carbocycles. The van der Waals surface area contributed by atoms with Crippen molar-refractivity contribution in [1.29, 1.82) is 5.26 Å². The van der Waals surface area contributed by atoms with Gasteiger partial charge in [-0.05, 0) is 18.5 Å². The van der Waals surface area contributed by atoms with Gasteiger partial charge < -0.3 is 15.0 Å². The lowest BCUT2D eigenvalue weighted by Gasteiger charge is -2.21. The van der Waals surface area contributed by atoms with Crippen LogP contribution in [0.4, 0.5) is 11.9 Å². The molecule has 1 N–H and O–H groups in total. The van der Waals surface area contributed by atoms with Crippen molar-refractivity contribution in [3.63, 3.8) is 0 Å². The molecule has 0 unspecified atom stereocenters. The van der Waals surface area contributed by atoms with Gasteiger partial charge in [-0.3, -0.25) is 0 Å². The Bertz CT molecular complexity index is 436. The maximum Gasteiger partial charge on any atom is 0.231 e. The minimum Gasteiger partial charge on any atom is -0.383 e. The number of nitrogens with one attached hydrogen (secondary N) is 1. The number of ether oxygens (including phenoxy) is 1. The molecule has 0 aromatic carbocycles. The average Bonchev–Trinajstić information content (AvgIpc) is 2.38. The fourth-order valence-electron chi connectivity index (χ4n) is 1.42. The quantitative estimate of drug-likeness (QED) is 0.770. The second-order valence-electron chi connectivity index (χ2n) is 3.65. The molecule has 19 heavy (non-hydrogen) atoms. The van der Waals surface area contributed by atoms with Gasteiger partial charge in [-0.2, -0.15) is 20.2 Å². The number of halogens is 1. The molecule has 0 fully saturated rings. The molecule has 0 saturated carbocycles. The molecule has 0 saturated heterocycles. The lowest BCUT2D eigenvalue weighted by Crippen LogP contribution is -2.30. The molecule has 1 heterocycles. The molecule has 1 aromatic rings. The molecule has 0 spiro atoms. The summed E-state index contributed by atoms with van der Waals surface area (Å²) in [7, 11) is 1.62. The maximum atomic E-state index is 8.68. The maximum absolute atomic E-state index is 8.68. The second-order valence-corrected chi connectivity index (χ2v) is 3.98. The molecule has 0 atom stereocenters. The summed E-state index contributed by atoms with van der Waals surface area (Å²) in [6.07, 6.45) is 0.379. The first-order valence-electron chi connectivity index (χ1n) is 5.97. The highest BCUT2D eigenvalue weighted by molar-refractivity contribution is 6.28. The number of nitrogens with zero attached hydrogens (tertiary/aromatic N) is 5. The van der Waals surface area contributed by atoms with E-state index < -0.39 is 0 Å². The highest BCUT2D eigenvalue weighted by Crippen LogP contribution is 2.14. The van der Waals surface area contributed by atoms with E-state index in [0.717, 1.165) is 0 Å². The van der Waals surface area contributed by atoms with E-state index in [0.29, 0.717) is 44.6 Å². The van der Waals surface area contributed by atoms with Gasteiger partial charge >= 0.3 is 0 Å². The van der Waals surface area contributed by atoms with Crippen molar-refractivity contribution in [2.75, 3.05) is 43.6 Å². The standard InChI is InChI=1S/C11H17ClN6O/c1-3-14-10-15-9(12)16-11(17-10)18(6-4-5-13)7-8-19-2/h3-4,6-8H2,1-2H3,(H,14,15,16,17). The van der Waals surface area contributed by atoms with Crippen LogP contribution in [0.25, 0.3) is 0 Å². The van der Waals surface area contributed by atoms with Gasteiger partial charge in [0.2, 0.25) is 17.2 Å². The van der Waals surface area contributed by atoms with Gasteiger partial charge in [0.05, 0.1) is 19.1 Å². The summed E-state index contributed by atoms with van der Waals surface area (Å²) in [5.74, 6) is 0.875. The zero-order valence-corrected chi connectivity index (χ0v) is 11.8. The van der Waals surface area contributed by atoms with Crippen LogP contribution in [0.3, 0.4) is 0 Å². The van der Waals surface area contributed by atoms with Gasteiger partial charge in [-0.1, -0.05) is 0 Å². The first-order valence-corrected chi connectivity index (χ1v) is 6.35. The first-order chi connectivity index (χ1) is 9.21. The molecule has 0 aliphatic rings. The number of anilines is 2. The van der Waals surface area contributed by atoms with E-state index in [2.05, 4.69) is 26.3 Å². The SMILES string of the molecule is CCNc1nc(Cl)nc(N(CCC#N)CCOC)n1. The summed E-state index contributed by atoms with van der Waals surface area (Å²) < 4.78 is 5.04. The Balaban J connectivity index is 2.89. The lowest BCUT2D eigenvalue weighted by molar-refractivity contribution is 0.205. The van der Waals surface area contributed by atoms with Crippen LogP contribution in [0.15, 0.2) is 0 Å². The van der Waals surface area contributed by atoms with Gasteiger partial charge in [0, 0.05) is 26.7 Å². The molecule has 1 rings (SSSR count). The molecular formula is C11H17ClN6O. The Morgan fingerprint density at radius 2 is 2.16 bits per heavy atom. The van der Waals surface area contributed by atoms with E-state index in [1.165, 1.54) is 0 Å². The zero-order valence-electron chi connectivity index (χ0n) is 11.1. The number of hydrogen-bond donors (Lipinski definition) is 1. The summed E-state index contributed by atoms with van der Waals surface area (Å²) in [6, 6.07) is 2.10. The van der Waals surface area contributed by atoms with Crippen molar-refractivity contribution in [3.8, 4) is 6.07 Å². The van der Waals surface area contributed by atoms with Gasteiger partial charge in [0.1, 0.15) is 0 Å². The third-order valence-electron chi connectivity index (χ3n) is 2.27. The smallest absolute Gasteiger partial charge is 0.231 e. The van der Waals surface area contributed by atoms with E-state index in [1.54, 1.807) is 7.11 Å². The molecule has 8 heteroatoms. The zero-order chi connectivity index (χ0) is 14.1. The van der Waals surface area contributed by atoms with Crippen molar-refractivity contribution < 1.29 is 4.74 Å². The fourth-order valence-corrected chi connectivity index (χ4v) is 1.57. The van der Waals surface area contributed by atoms with Crippen LogP contribution in [0, 0.1) is 11.3 Å². The van der Waals surface area contributed by atoms with E-state index in [4.69, 9.17) is 21.6 Å². The monoisotopic (exact) mass is 284 g/mol.